The summed E-state index contributed by atoms with van der Waals surface area (Å²) in [5.41, 5.74) is 1.49. The molecule has 2 aromatic rings. The fraction of sp³-hybridized carbons (Fsp3) is 0.200. The van der Waals surface area contributed by atoms with Crippen molar-refractivity contribution in [2.45, 2.75) is 13.0 Å². The zero-order valence-electron chi connectivity index (χ0n) is 10.9. The SMILES string of the molecule is CC(c1ccc(Cl)cc1)N(C)C(=O)c1ccccn1. The molecule has 0 aliphatic rings. The first kappa shape index (κ1) is 13.6. The van der Waals surface area contributed by atoms with Gasteiger partial charge >= 0.3 is 0 Å². The van der Waals surface area contributed by atoms with E-state index in [4.69, 9.17) is 11.6 Å². The van der Waals surface area contributed by atoms with Gasteiger partial charge in [0.25, 0.3) is 5.91 Å². The van der Waals surface area contributed by atoms with Gasteiger partial charge in [0.15, 0.2) is 0 Å². The first-order valence-electron chi connectivity index (χ1n) is 6.03. The molecule has 1 amide bonds. The average molecular weight is 275 g/mol. The summed E-state index contributed by atoms with van der Waals surface area (Å²) in [5, 5.41) is 0.689. The number of carbonyl (C=O) groups is 1. The third-order valence-electron chi connectivity index (χ3n) is 3.14. The Bertz CT molecular complexity index is 554. The van der Waals surface area contributed by atoms with Crippen LogP contribution in [-0.2, 0) is 0 Å². The highest BCUT2D eigenvalue weighted by Crippen LogP contribution is 2.21. The summed E-state index contributed by atoms with van der Waals surface area (Å²) in [7, 11) is 1.77. The van der Waals surface area contributed by atoms with Gasteiger partial charge in [-0.25, -0.2) is 0 Å². The summed E-state index contributed by atoms with van der Waals surface area (Å²) in [4.78, 5) is 18.0. The fourth-order valence-corrected chi connectivity index (χ4v) is 1.94. The third kappa shape index (κ3) is 3.12. The molecule has 0 fully saturated rings. The van der Waals surface area contributed by atoms with E-state index >= 15 is 0 Å². The lowest BCUT2D eigenvalue weighted by Crippen LogP contribution is -2.30. The van der Waals surface area contributed by atoms with E-state index in [9.17, 15) is 4.79 Å². The smallest absolute Gasteiger partial charge is 0.272 e. The second kappa shape index (κ2) is 5.85. The number of rotatable bonds is 3. The summed E-state index contributed by atoms with van der Waals surface area (Å²) in [6, 6.07) is 12.8. The number of benzene rings is 1. The molecule has 4 heteroatoms. The normalized spacial score (nSPS) is 11.9. The first-order valence-corrected chi connectivity index (χ1v) is 6.41. The van der Waals surface area contributed by atoms with Crippen LogP contribution in [0.2, 0.25) is 5.02 Å². The molecule has 1 aromatic carbocycles. The zero-order valence-corrected chi connectivity index (χ0v) is 11.6. The Balaban J connectivity index is 2.17. The lowest BCUT2D eigenvalue weighted by Gasteiger charge is -2.25. The van der Waals surface area contributed by atoms with Gasteiger partial charge in [-0.3, -0.25) is 9.78 Å². The minimum absolute atomic E-state index is 0.0354. The number of amides is 1. The number of aromatic nitrogens is 1. The van der Waals surface area contributed by atoms with Crippen LogP contribution in [0.15, 0.2) is 48.7 Å². The molecule has 0 radical (unpaired) electrons. The molecule has 0 N–H and O–H groups in total. The van der Waals surface area contributed by atoms with E-state index in [-0.39, 0.29) is 11.9 Å². The van der Waals surface area contributed by atoms with Gasteiger partial charge in [-0.2, -0.15) is 0 Å². The van der Waals surface area contributed by atoms with E-state index < -0.39 is 0 Å². The Hall–Kier alpha value is -1.87. The van der Waals surface area contributed by atoms with E-state index in [1.54, 1.807) is 36.3 Å². The third-order valence-corrected chi connectivity index (χ3v) is 3.39. The summed E-state index contributed by atoms with van der Waals surface area (Å²) in [6.07, 6.45) is 1.62. The second-order valence-corrected chi connectivity index (χ2v) is 4.79. The molecular weight excluding hydrogens is 260 g/mol. The summed E-state index contributed by atoms with van der Waals surface area (Å²) < 4.78 is 0. The second-order valence-electron chi connectivity index (χ2n) is 4.36. The number of hydrogen-bond donors (Lipinski definition) is 0. The molecule has 1 heterocycles. The van der Waals surface area contributed by atoms with Gasteiger partial charge in [0.2, 0.25) is 0 Å². The highest BCUT2D eigenvalue weighted by atomic mass is 35.5. The summed E-state index contributed by atoms with van der Waals surface area (Å²) in [5.74, 6) is -0.0944. The Labute approximate surface area is 117 Å². The molecule has 0 bridgehead atoms. The van der Waals surface area contributed by atoms with Crippen molar-refractivity contribution in [2.24, 2.45) is 0 Å². The maximum absolute atomic E-state index is 12.3. The van der Waals surface area contributed by atoms with Gasteiger partial charge in [0, 0.05) is 18.3 Å². The Morgan fingerprint density at radius 1 is 1.21 bits per heavy atom. The molecular formula is C15H15ClN2O. The van der Waals surface area contributed by atoms with Gasteiger partial charge in [0.1, 0.15) is 5.69 Å². The van der Waals surface area contributed by atoms with Crippen molar-refractivity contribution in [3.05, 3.63) is 64.9 Å². The van der Waals surface area contributed by atoms with Crippen LogP contribution < -0.4 is 0 Å². The van der Waals surface area contributed by atoms with Crippen LogP contribution in [0.4, 0.5) is 0 Å². The summed E-state index contributed by atoms with van der Waals surface area (Å²) in [6.45, 7) is 1.98. The molecule has 0 saturated heterocycles. The van der Waals surface area contributed by atoms with Crippen LogP contribution >= 0.6 is 11.6 Å². The highest BCUT2D eigenvalue weighted by Gasteiger charge is 2.19. The van der Waals surface area contributed by atoms with E-state index in [1.807, 2.05) is 31.2 Å². The number of pyridine rings is 1. The maximum atomic E-state index is 12.3. The number of hydrogen-bond acceptors (Lipinski definition) is 2. The monoisotopic (exact) mass is 274 g/mol. The van der Waals surface area contributed by atoms with Gasteiger partial charge in [-0.15, -0.1) is 0 Å². The van der Waals surface area contributed by atoms with Crippen molar-refractivity contribution in [3.63, 3.8) is 0 Å². The average Bonchev–Trinajstić information content (AvgIpc) is 2.46. The minimum atomic E-state index is -0.0944. The van der Waals surface area contributed by atoms with Crippen molar-refractivity contribution in [2.75, 3.05) is 7.05 Å². The van der Waals surface area contributed by atoms with E-state index in [0.717, 1.165) is 5.56 Å². The van der Waals surface area contributed by atoms with Crippen LogP contribution in [-0.4, -0.2) is 22.8 Å². The molecule has 0 saturated carbocycles. The quantitative estimate of drug-likeness (QED) is 0.857. The number of halogens is 1. The number of carbonyl (C=O) groups excluding carboxylic acids is 1. The molecule has 1 unspecified atom stereocenters. The van der Waals surface area contributed by atoms with Crippen LogP contribution in [0.1, 0.15) is 29.0 Å². The topological polar surface area (TPSA) is 33.2 Å². The summed E-state index contributed by atoms with van der Waals surface area (Å²) >= 11 is 5.86. The van der Waals surface area contributed by atoms with Crippen LogP contribution in [0, 0.1) is 0 Å². The highest BCUT2D eigenvalue weighted by molar-refractivity contribution is 6.30. The molecule has 98 valence electrons. The van der Waals surface area contributed by atoms with Crippen molar-refractivity contribution in [3.8, 4) is 0 Å². The van der Waals surface area contributed by atoms with Gasteiger partial charge in [-0.05, 0) is 36.8 Å². The fourth-order valence-electron chi connectivity index (χ4n) is 1.81. The van der Waals surface area contributed by atoms with Crippen LogP contribution in [0.5, 0.6) is 0 Å². The first-order chi connectivity index (χ1) is 9.09. The lowest BCUT2D eigenvalue weighted by atomic mass is 10.1. The molecule has 0 aliphatic carbocycles. The molecule has 3 nitrogen and oxygen atoms in total. The zero-order chi connectivity index (χ0) is 13.8. The minimum Gasteiger partial charge on any atom is -0.334 e. The molecule has 0 spiro atoms. The van der Waals surface area contributed by atoms with E-state index in [1.165, 1.54) is 0 Å². The number of nitrogens with zero attached hydrogens (tertiary/aromatic N) is 2. The van der Waals surface area contributed by atoms with Crippen LogP contribution in [0.3, 0.4) is 0 Å². The molecule has 0 aliphatic heterocycles. The standard InChI is InChI=1S/C15H15ClN2O/c1-11(12-6-8-13(16)9-7-12)18(2)15(19)14-5-3-4-10-17-14/h3-11H,1-2H3. The van der Waals surface area contributed by atoms with E-state index in [0.29, 0.717) is 10.7 Å². The van der Waals surface area contributed by atoms with Crippen molar-refractivity contribution >= 4 is 17.5 Å². The Morgan fingerprint density at radius 3 is 2.47 bits per heavy atom. The van der Waals surface area contributed by atoms with E-state index in [2.05, 4.69) is 4.98 Å². The molecule has 19 heavy (non-hydrogen) atoms. The largest absolute Gasteiger partial charge is 0.334 e. The van der Waals surface area contributed by atoms with Gasteiger partial charge < -0.3 is 4.90 Å². The van der Waals surface area contributed by atoms with Crippen molar-refractivity contribution < 1.29 is 4.79 Å². The molecule has 1 atom stereocenters. The predicted octanol–water partition coefficient (Wildman–Crippen LogP) is 3.57. The molecule has 1 aromatic heterocycles. The van der Waals surface area contributed by atoms with Gasteiger partial charge in [0.05, 0.1) is 6.04 Å². The molecule has 2 rings (SSSR count). The maximum Gasteiger partial charge on any atom is 0.272 e. The Kier molecular flexibility index (Phi) is 4.17. The van der Waals surface area contributed by atoms with Crippen molar-refractivity contribution in [1.29, 1.82) is 0 Å². The Morgan fingerprint density at radius 2 is 1.89 bits per heavy atom. The predicted molar refractivity (Wildman–Crippen MR) is 76.2 cm³/mol. The lowest BCUT2D eigenvalue weighted by molar-refractivity contribution is 0.0736. The van der Waals surface area contributed by atoms with Crippen molar-refractivity contribution in [1.82, 2.24) is 9.88 Å². The van der Waals surface area contributed by atoms with Gasteiger partial charge in [-0.1, -0.05) is 29.8 Å². The van der Waals surface area contributed by atoms with Crippen LogP contribution in [0.25, 0.3) is 0 Å².